The fraction of sp³-hybridized carbons (Fsp3) is 0.0769. The number of carbonyl (C=O) groups excluding carboxylic acids is 1. The fourth-order valence-corrected chi connectivity index (χ4v) is 2.02. The Labute approximate surface area is 118 Å². The number of benzene rings is 1. The molecule has 1 heterocycles. The Morgan fingerprint density at radius 2 is 2.22 bits per heavy atom. The van der Waals surface area contributed by atoms with Gasteiger partial charge in [0.05, 0.1) is 10.6 Å². The first-order chi connectivity index (χ1) is 8.66. The summed E-state index contributed by atoms with van der Waals surface area (Å²) < 4.78 is 0.818. The van der Waals surface area contributed by atoms with Crippen molar-refractivity contribution >= 4 is 33.4 Å². The molecule has 5 heteroatoms. The molecule has 0 aliphatic rings. The number of hydrogen-bond donors (Lipinski definition) is 1. The number of carbonyl (C=O) groups is 1. The molecule has 1 N–H and O–H groups in total. The van der Waals surface area contributed by atoms with Crippen molar-refractivity contribution in [2.45, 2.75) is 6.54 Å². The molecule has 0 bridgehead atoms. The Hall–Kier alpha value is -1.39. The molecule has 1 amide bonds. The van der Waals surface area contributed by atoms with Crippen LogP contribution in [0, 0.1) is 0 Å². The lowest BCUT2D eigenvalue weighted by Gasteiger charge is -2.07. The Morgan fingerprint density at radius 1 is 1.39 bits per heavy atom. The number of nitrogens with zero attached hydrogens (tertiary/aromatic N) is 1. The van der Waals surface area contributed by atoms with E-state index in [4.69, 9.17) is 11.6 Å². The van der Waals surface area contributed by atoms with Gasteiger partial charge in [-0.3, -0.25) is 9.78 Å². The molecule has 0 saturated heterocycles. The molecule has 1 aromatic heterocycles. The van der Waals surface area contributed by atoms with Crippen molar-refractivity contribution in [3.63, 3.8) is 0 Å². The smallest absolute Gasteiger partial charge is 0.253 e. The van der Waals surface area contributed by atoms with E-state index in [0.29, 0.717) is 17.1 Å². The third-order valence-corrected chi connectivity index (χ3v) is 3.17. The zero-order valence-electron chi connectivity index (χ0n) is 9.36. The Balaban J connectivity index is 2.06. The molecule has 0 atom stereocenters. The summed E-state index contributed by atoms with van der Waals surface area (Å²) in [5, 5.41) is 3.23. The average Bonchev–Trinajstić information content (AvgIpc) is 2.40. The van der Waals surface area contributed by atoms with Crippen LogP contribution in [0.25, 0.3) is 0 Å². The number of halogens is 2. The Kier molecular flexibility index (Phi) is 4.33. The highest BCUT2D eigenvalue weighted by atomic mass is 79.9. The van der Waals surface area contributed by atoms with Gasteiger partial charge in [0.1, 0.15) is 0 Å². The van der Waals surface area contributed by atoms with Crippen LogP contribution in [-0.2, 0) is 6.54 Å². The molecule has 0 unspecified atom stereocenters. The van der Waals surface area contributed by atoms with E-state index in [9.17, 15) is 4.79 Å². The number of aromatic nitrogens is 1. The summed E-state index contributed by atoms with van der Waals surface area (Å²) in [5.74, 6) is -0.204. The van der Waals surface area contributed by atoms with Crippen LogP contribution < -0.4 is 5.32 Å². The zero-order chi connectivity index (χ0) is 13.0. The van der Waals surface area contributed by atoms with E-state index in [1.165, 1.54) is 0 Å². The second kappa shape index (κ2) is 5.98. The number of pyridine rings is 1. The molecule has 18 heavy (non-hydrogen) atoms. The maximum atomic E-state index is 12.0. The first-order valence-electron chi connectivity index (χ1n) is 5.29. The van der Waals surface area contributed by atoms with Gasteiger partial charge in [-0.2, -0.15) is 0 Å². The molecule has 0 fully saturated rings. The van der Waals surface area contributed by atoms with Gasteiger partial charge in [-0.25, -0.2) is 0 Å². The van der Waals surface area contributed by atoms with Gasteiger partial charge >= 0.3 is 0 Å². The van der Waals surface area contributed by atoms with Gasteiger partial charge in [0.25, 0.3) is 5.91 Å². The molecular weight excluding hydrogens is 316 g/mol. The van der Waals surface area contributed by atoms with Crippen LogP contribution in [0.3, 0.4) is 0 Å². The molecule has 3 nitrogen and oxygen atoms in total. The van der Waals surface area contributed by atoms with Crippen molar-refractivity contribution in [2.24, 2.45) is 0 Å². The normalized spacial score (nSPS) is 10.1. The second-order valence-corrected chi connectivity index (χ2v) is 4.99. The molecule has 1 aromatic carbocycles. The highest BCUT2D eigenvalue weighted by molar-refractivity contribution is 9.10. The lowest BCUT2D eigenvalue weighted by molar-refractivity contribution is 0.0951. The van der Waals surface area contributed by atoms with Gasteiger partial charge in [-0.1, -0.05) is 33.6 Å². The molecule has 0 aliphatic heterocycles. The molecule has 0 radical (unpaired) electrons. The molecule has 0 aliphatic carbocycles. The average molecular weight is 326 g/mol. The van der Waals surface area contributed by atoms with E-state index in [1.54, 1.807) is 30.6 Å². The topological polar surface area (TPSA) is 42.0 Å². The Bertz CT molecular complexity index is 560. The number of nitrogens with one attached hydrogen (secondary N) is 1. The van der Waals surface area contributed by atoms with E-state index >= 15 is 0 Å². The quantitative estimate of drug-likeness (QED) is 0.939. The largest absolute Gasteiger partial charge is 0.348 e. The maximum Gasteiger partial charge on any atom is 0.253 e. The minimum absolute atomic E-state index is 0.204. The van der Waals surface area contributed by atoms with Crippen LogP contribution in [0.4, 0.5) is 0 Å². The van der Waals surface area contributed by atoms with Gasteiger partial charge in [-0.05, 0) is 29.8 Å². The summed E-state index contributed by atoms with van der Waals surface area (Å²) in [5.41, 5.74) is 1.40. The molecule has 0 saturated carbocycles. The standard InChI is InChI=1S/C13H10BrClN2O/c14-10-3-4-12(15)11(6-10)13(18)17-8-9-2-1-5-16-7-9/h1-7H,8H2,(H,17,18). The van der Waals surface area contributed by atoms with E-state index in [0.717, 1.165) is 10.0 Å². The lowest BCUT2D eigenvalue weighted by atomic mass is 10.2. The van der Waals surface area contributed by atoms with E-state index in [2.05, 4.69) is 26.2 Å². The summed E-state index contributed by atoms with van der Waals surface area (Å²) in [4.78, 5) is 15.9. The SMILES string of the molecule is O=C(NCc1cccnc1)c1cc(Br)ccc1Cl. The fourth-order valence-electron chi connectivity index (χ4n) is 1.45. The minimum atomic E-state index is -0.204. The Morgan fingerprint density at radius 3 is 2.94 bits per heavy atom. The van der Waals surface area contributed by atoms with Crippen LogP contribution in [-0.4, -0.2) is 10.9 Å². The van der Waals surface area contributed by atoms with Crippen LogP contribution in [0.5, 0.6) is 0 Å². The zero-order valence-corrected chi connectivity index (χ0v) is 11.7. The summed E-state index contributed by atoms with van der Waals surface area (Å²) in [7, 11) is 0. The first-order valence-corrected chi connectivity index (χ1v) is 6.46. The highest BCUT2D eigenvalue weighted by Crippen LogP contribution is 2.20. The highest BCUT2D eigenvalue weighted by Gasteiger charge is 2.10. The second-order valence-electron chi connectivity index (χ2n) is 3.67. The monoisotopic (exact) mass is 324 g/mol. The van der Waals surface area contributed by atoms with Crippen molar-refractivity contribution in [3.8, 4) is 0 Å². The van der Waals surface area contributed by atoms with Crippen molar-refractivity contribution < 1.29 is 4.79 Å². The molecular formula is C13H10BrClN2O. The third kappa shape index (κ3) is 3.31. The summed E-state index contributed by atoms with van der Waals surface area (Å²) in [6.07, 6.45) is 3.40. The van der Waals surface area contributed by atoms with E-state index in [-0.39, 0.29) is 5.91 Å². The summed E-state index contributed by atoms with van der Waals surface area (Å²) >= 11 is 9.29. The van der Waals surface area contributed by atoms with Crippen LogP contribution >= 0.6 is 27.5 Å². The van der Waals surface area contributed by atoms with Gasteiger partial charge in [0.15, 0.2) is 0 Å². The van der Waals surface area contributed by atoms with Gasteiger partial charge in [0.2, 0.25) is 0 Å². The molecule has 92 valence electrons. The van der Waals surface area contributed by atoms with Crippen LogP contribution in [0.2, 0.25) is 5.02 Å². The number of amides is 1. The van der Waals surface area contributed by atoms with Gasteiger partial charge < -0.3 is 5.32 Å². The third-order valence-electron chi connectivity index (χ3n) is 2.35. The van der Waals surface area contributed by atoms with Gasteiger partial charge in [-0.15, -0.1) is 0 Å². The van der Waals surface area contributed by atoms with Crippen molar-refractivity contribution in [2.75, 3.05) is 0 Å². The lowest BCUT2D eigenvalue weighted by Crippen LogP contribution is -2.23. The maximum absolute atomic E-state index is 12.0. The first kappa shape index (κ1) is 13.1. The van der Waals surface area contributed by atoms with Crippen LogP contribution in [0.15, 0.2) is 47.2 Å². The summed E-state index contributed by atoms with van der Waals surface area (Å²) in [6, 6.07) is 8.90. The van der Waals surface area contributed by atoms with E-state index in [1.807, 2.05) is 12.1 Å². The predicted octanol–water partition coefficient (Wildman–Crippen LogP) is 3.43. The van der Waals surface area contributed by atoms with Crippen LogP contribution in [0.1, 0.15) is 15.9 Å². The molecule has 2 rings (SSSR count). The summed E-state index contributed by atoms with van der Waals surface area (Å²) in [6.45, 7) is 0.426. The van der Waals surface area contributed by atoms with Crippen molar-refractivity contribution in [3.05, 3.63) is 63.3 Å². The number of rotatable bonds is 3. The van der Waals surface area contributed by atoms with Gasteiger partial charge in [0, 0.05) is 23.4 Å². The van der Waals surface area contributed by atoms with Crippen molar-refractivity contribution in [1.29, 1.82) is 0 Å². The minimum Gasteiger partial charge on any atom is -0.348 e. The number of hydrogen-bond acceptors (Lipinski definition) is 2. The predicted molar refractivity (Wildman–Crippen MR) is 74.6 cm³/mol. The molecule has 0 spiro atoms. The molecule has 2 aromatic rings. The van der Waals surface area contributed by atoms with Crippen molar-refractivity contribution in [1.82, 2.24) is 10.3 Å². The van der Waals surface area contributed by atoms with E-state index < -0.39 is 0 Å².